The molecule has 0 unspecified atom stereocenters. The molecule has 1 aliphatic rings. The first-order valence-corrected chi connectivity index (χ1v) is 10.0. The van der Waals surface area contributed by atoms with Crippen molar-refractivity contribution in [1.29, 1.82) is 0 Å². The quantitative estimate of drug-likeness (QED) is 0.661. The summed E-state index contributed by atoms with van der Waals surface area (Å²) in [7, 11) is 0. The van der Waals surface area contributed by atoms with E-state index < -0.39 is 0 Å². The average molecular weight is 392 g/mol. The number of aromatic nitrogens is 3. The Labute approximate surface area is 171 Å². The predicted molar refractivity (Wildman–Crippen MR) is 115 cm³/mol. The fourth-order valence-electron chi connectivity index (χ4n) is 3.76. The normalized spacial score (nSPS) is 19.3. The molecule has 1 fully saturated rings. The number of thiocarbonyl (C=S) groups is 1. The highest BCUT2D eigenvalue weighted by Crippen LogP contribution is 2.39. The minimum Gasteiger partial charge on any atom is -0.352 e. The molecule has 6 heteroatoms. The summed E-state index contributed by atoms with van der Waals surface area (Å²) in [6.45, 7) is 7.36. The molecule has 0 radical (unpaired) electrons. The van der Waals surface area contributed by atoms with Crippen LogP contribution in [0.15, 0.2) is 61.1 Å². The first-order valence-electron chi connectivity index (χ1n) is 9.63. The molecule has 4 heterocycles. The van der Waals surface area contributed by atoms with Crippen LogP contribution in [0.4, 0.5) is 0 Å². The van der Waals surface area contributed by atoms with Gasteiger partial charge in [-0.05, 0) is 61.0 Å². The molecule has 5 nitrogen and oxygen atoms in total. The van der Waals surface area contributed by atoms with Crippen molar-refractivity contribution >= 4 is 17.3 Å². The van der Waals surface area contributed by atoms with E-state index in [1.54, 1.807) is 0 Å². The lowest BCUT2D eigenvalue weighted by atomic mass is 10.0. The Bertz CT molecular complexity index is 949. The van der Waals surface area contributed by atoms with E-state index in [1.165, 1.54) is 0 Å². The number of rotatable bonds is 5. The predicted octanol–water partition coefficient (Wildman–Crippen LogP) is 4.20. The van der Waals surface area contributed by atoms with Gasteiger partial charge in [0.05, 0.1) is 17.8 Å². The summed E-state index contributed by atoms with van der Waals surface area (Å²) in [6.07, 6.45) is 5.80. The van der Waals surface area contributed by atoms with Gasteiger partial charge < -0.3 is 14.8 Å². The van der Waals surface area contributed by atoms with Gasteiger partial charge in [-0.1, -0.05) is 26.0 Å². The van der Waals surface area contributed by atoms with Gasteiger partial charge in [0.25, 0.3) is 0 Å². The molecule has 144 valence electrons. The molecule has 28 heavy (non-hydrogen) atoms. The van der Waals surface area contributed by atoms with Gasteiger partial charge in [-0.15, -0.1) is 0 Å². The second-order valence-corrected chi connectivity index (χ2v) is 8.06. The zero-order valence-corrected chi connectivity index (χ0v) is 17.2. The molecule has 0 bridgehead atoms. The summed E-state index contributed by atoms with van der Waals surface area (Å²) in [4.78, 5) is 11.5. The number of nitrogens with one attached hydrogen (secondary N) is 1. The molecule has 0 aromatic carbocycles. The highest BCUT2D eigenvalue weighted by molar-refractivity contribution is 7.80. The minimum atomic E-state index is -0.00783. The van der Waals surface area contributed by atoms with E-state index in [4.69, 9.17) is 12.2 Å². The van der Waals surface area contributed by atoms with Crippen LogP contribution in [0.5, 0.6) is 0 Å². The fourth-order valence-corrected chi connectivity index (χ4v) is 4.08. The van der Waals surface area contributed by atoms with E-state index in [0.717, 1.165) is 34.4 Å². The van der Waals surface area contributed by atoms with E-state index in [-0.39, 0.29) is 12.1 Å². The minimum absolute atomic E-state index is 0.00783. The maximum absolute atomic E-state index is 5.73. The lowest BCUT2D eigenvalue weighted by Gasteiger charge is -2.30. The summed E-state index contributed by atoms with van der Waals surface area (Å²) in [5.41, 5.74) is 3.29. The third kappa shape index (κ3) is 3.52. The number of hydrogen-bond acceptors (Lipinski definition) is 3. The van der Waals surface area contributed by atoms with Crippen molar-refractivity contribution < 1.29 is 0 Å². The summed E-state index contributed by atoms with van der Waals surface area (Å²) in [5, 5.41) is 4.29. The molecule has 0 saturated carbocycles. The molecule has 0 aliphatic carbocycles. The van der Waals surface area contributed by atoms with Gasteiger partial charge in [0, 0.05) is 30.8 Å². The van der Waals surface area contributed by atoms with Crippen molar-refractivity contribution in [2.75, 3.05) is 6.54 Å². The second kappa shape index (κ2) is 7.72. The Balaban J connectivity index is 1.80. The molecule has 2 atom stereocenters. The topological polar surface area (TPSA) is 46.0 Å². The molecule has 1 aliphatic heterocycles. The van der Waals surface area contributed by atoms with Crippen LogP contribution < -0.4 is 5.32 Å². The lowest BCUT2D eigenvalue weighted by Crippen LogP contribution is -2.33. The molecule has 0 amide bonds. The van der Waals surface area contributed by atoms with Crippen LogP contribution in [0.2, 0.25) is 0 Å². The van der Waals surface area contributed by atoms with E-state index in [1.807, 2.05) is 31.5 Å². The van der Waals surface area contributed by atoms with Crippen LogP contribution >= 0.6 is 12.2 Å². The third-order valence-electron chi connectivity index (χ3n) is 4.99. The molecular weight excluding hydrogens is 366 g/mol. The van der Waals surface area contributed by atoms with Crippen molar-refractivity contribution in [3.05, 3.63) is 78.0 Å². The maximum Gasteiger partial charge on any atom is 0.170 e. The van der Waals surface area contributed by atoms with Gasteiger partial charge in [-0.2, -0.15) is 0 Å². The van der Waals surface area contributed by atoms with E-state index >= 15 is 0 Å². The SMILES string of the molecule is Cc1ccc(-n2cccc2[C@@H]2[C@H](c3ccccn3)NC(=S)N2CC(C)C)nc1. The number of hydrogen-bond donors (Lipinski definition) is 1. The smallest absolute Gasteiger partial charge is 0.170 e. The Morgan fingerprint density at radius 1 is 1.11 bits per heavy atom. The van der Waals surface area contributed by atoms with Gasteiger partial charge in [0.1, 0.15) is 5.82 Å². The Morgan fingerprint density at radius 2 is 1.96 bits per heavy atom. The first kappa shape index (κ1) is 18.6. The van der Waals surface area contributed by atoms with Crippen LogP contribution in [-0.4, -0.2) is 31.1 Å². The Hall–Kier alpha value is -2.73. The number of pyridine rings is 2. The Kier molecular flexibility index (Phi) is 5.13. The van der Waals surface area contributed by atoms with Crippen LogP contribution in [0.1, 0.15) is 42.9 Å². The largest absolute Gasteiger partial charge is 0.352 e. The van der Waals surface area contributed by atoms with Crippen molar-refractivity contribution in [3.8, 4) is 5.82 Å². The summed E-state index contributed by atoms with van der Waals surface area (Å²) in [5.74, 6) is 1.40. The molecular formula is C22H25N5S. The van der Waals surface area contributed by atoms with Gasteiger partial charge in [-0.25, -0.2) is 4.98 Å². The number of nitrogens with zero attached hydrogens (tertiary/aromatic N) is 4. The van der Waals surface area contributed by atoms with Crippen molar-refractivity contribution in [1.82, 2.24) is 24.8 Å². The van der Waals surface area contributed by atoms with Crippen molar-refractivity contribution in [2.45, 2.75) is 32.9 Å². The monoisotopic (exact) mass is 391 g/mol. The highest BCUT2D eigenvalue weighted by atomic mass is 32.1. The van der Waals surface area contributed by atoms with Crippen molar-refractivity contribution in [3.63, 3.8) is 0 Å². The molecule has 3 aromatic heterocycles. The first-order chi connectivity index (χ1) is 13.5. The third-order valence-corrected chi connectivity index (χ3v) is 5.34. The standard InChI is InChI=1S/C22H25N5S/c1-15(2)14-27-21(20(25-22(27)28)17-7-4-5-11-23-17)18-8-6-12-26(18)19-10-9-16(3)13-24-19/h4-13,15,20-21H,14H2,1-3H3,(H,25,28)/t20-,21+/m0/s1. The van der Waals surface area contributed by atoms with Gasteiger partial charge in [0.2, 0.25) is 0 Å². The maximum atomic E-state index is 5.73. The highest BCUT2D eigenvalue weighted by Gasteiger charge is 2.41. The molecule has 4 rings (SSSR count). The van der Waals surface area contributed by atoms with Gasteiger partial charge in [0.15, 0.2) is 5.11 Å². The molecule has 1 N–H and O–H groups in total. The fraction of sp³-hybridized carbons (Fsp3) is 0.318. The van der Waals surface area contributed by atoms with Crippen LogP contribution in [-0.2, 0) is 0 Å². The zero-order chi connectivity index (χ0) is 19.7. The van der Waals surface area contributed by atoms with Crippen molar-refractivity contribution in [2.24, 2.45) is 5.92 Å². The molecule has 1 saturated heterocycles. The average Bonchev–Trinajstić information content (AvgIpc) is 3.28. The Morgan fingerprint density at radius 3 is 2.64 bits per heavy atom. The molecule has 0 spiro atoms. The zero-order valence-electron chi connectivity index (χ0n) is 16.4. The van der Waals surface area contributed by atoms with Crippen LogP contribution in [0.3, 0.4) is 0 Å². The van der Waals surface area contributed by atoms with E-state index in [2.05, 4.69) is 75.1 Å². The summed E-state index contributed by atoms with van der Waals surface area (Å²) in [6, 6.07) is 14.4. The van der Waals surface area contributed by atoms with Gasteiger partial charge in [-0.3, -0.25) is 4.98 Å². The summed E-state index contributed by atoms with van der Waals surface area (Å²) >= 11 is 5.73. The van der Waals surface area contributed by atoms with Gasteiger partial charge >= 0.3 is 0 Å². The number of aryl methyl sites for hydroxylation is 1. The van der Waals surface area contributed by atoms with E-state index in [0.29, 0.717) is 5.92 Å². The van der Waals surface area contributed by atoms with E-state index in [9.17, 15) is 0 Å². The van der Waals surface area contributed by atoms with Crippen LogP contribution in [0, 0.1) is 12.8 Å². The van der Waals surface area contributed by atoms with Crippen LogP contribution in [0.25, 0.3) is 5.82 Å². The lowest BCUT2D eigenvalue weighted by molar-refractivity contribution is 0.280. The second-order valence-electron chi connectivity index (χ2n) is 7.67. The molecule has 3 aromatic rings. The summed E-state index contributed by atoms with van der Waals surface area (Å²) < 4.78 is 2.16.